The smallest absolute Gasteiger partial charge is 0.306 e. The van der Waals surface area contributed by atoms with Crippen LogP contribution in [0.25, 0.3) is 0 Å². The van der Waals surface area contributed by atoms with Crippen LogP contribution in [0.1, 0.15) is 233 Å². The van der Waals surface area contributed by atoms with Crippen LogP contribution in [-0.2, 0) is 28.6 Å². The fraction of sp³-hybridized carbons (Fsp3) is 0.609. The summed E-state index contributed by atoms with van der Waals surface area (Å²) in [5.74, 6) is -1.000. The van der Waals surface area contributed by atoms with E-state index < -0.39 is 6.10 Å². The average molecular weight is 968 g/mol. The number of allylic oxidation sites excluding steroid dienone is 22. The molecular formula is C64H102O6. The second-order valence-electron chi connectivity index (χ2n) is 18.1. The lowest BCUT2D eigenvalue weighted by atomic mass is 10.1. The summed E-state index contributed by atoms with van der Waals surface area (Å²) in [5, 5.41) is 0. The molecule has 0 radical (unpaired) electrons. The second kappa shape index (κ2) is 57.1. The fourth-order valence-corrected chi connectivity index (χ4v) is 7.19. The van der Waals surface area contributed by atoms with Crippen LogP contribution in [-0.4, -0.2) is 37.2 Å². The van der Waals surface area contributed by atoms with E-state index in [0.717, 1.165) is 141 Å². The highest BCUT2D eigenvalue weighted by molar-refractivity contribution is 5.71. The third-order valence-electron chi connectivity index (χ3n) is 11.4. The van der Waals surface area contributed by atoms with Crippen LogP contribution >= 0.6 is 0 Å². The summed E-state index contributed by atoms with van der Waals surface area (Å²) in [4.78, 5) is 38.1. The lowest BCUT2D eigenvalue weighted by Crippen LogP contribution is -2.30. The van der Waals surface area contributed by atoms with Crippen molar-refractivity contribution in [1.82, 2.24) is 0 Å². The summed E-state index contributed by atoms with van der Waals surface area (Å²) < 4.78 is 16.8. The van der Waals surface area contributed by atoms with Crippen molar-refractivity contribution in [3.8, 4) is 0 Å². The Labute approximate surface area is 430 Å². The van der Waals surface area contributed by atoms with Crippen LogP contribution in [0.5, 0.6) is 0 Å². The molecule has 0 spiro atoms. The molecule has 0 bridgehead atoms. The molecule has 0 heterocycles. The molecule has 6 heteroatoms. The summed E-state index contributed by atoms with van der Waals surface area (Å²) in [6.45, 7) is 6.33. The Morgan fingerprint density at radius 1 is 0.300 bits per heavy atom. The molecule has 70 heavy (non-hydrogen) atoms. The van der Waals surface area contributed by atoms with E-state index in [2.05, 4.69) is 154 Å². The highest BCUT2D eigenvalue weighted by Gasteiger charge is 2.19. The van der Waals surface area contributed by atoms with Crippen molar-refractivity contribution in [1.29, 1.82) is 0 Å². The van der Waals surface area contributed by atoms with Gasteiger partial charge in [-0.15, -0.1) is 0 Å². The van der Waals surface area contributed by atoms with Gasteiger partial charge in [0, 0.05) is 19.3 Å². The molecule has 0 N–H and O–H groups in total. The van der Waals surface area contributed by atoms with Gasteiger partial charge in [0.05, 0.1) is 0 Å². The molecule has 0 saturated carbocycles. The van der Waals surface area contributed by atoms with E-state index in [9.17, 15) is 14.4 Å². The van der Waals surface area contributed by atoms with Crippen molar-refractivity contribution in [3.05, 3.63) is 134 Å². The topological polar surface area (TPSA) is 78.9 Å². The Bertz CT molecular complexity index is 1530. The highest BCUT2D eigenvalue weighted by Crippen LogP contribution is 2.12. The number of carbonyl (C=O) groups excluding carboxylic acids is 3. The Kier molecular flexibility index (Phi) is 53.5. The van der Waals surface area contributed by atoms with Gasteiger partial charge in [-0.05, 0) is 135 Å². The van der Waals surface area contributed by atoms with E-state index in [4.69, 9.17) is 14.2 Å². The molecule has 0 aromatic rings. The standard InChI is InChI=1S/C64H102O6/c1-4-7-10-13-16-19-22-25-28-30-32-34-36-39-42-45-48-51-54-57-63(66)69-60-61(59-68-62(65)56-53-50-47-44-41-38-27-24-21-18-15-12-9-6-3)70-64(67)58-55-52-49-46-43-40-37-35-33-31-29-26-23-20-17-14-11-8-5-2/h7-8,10-11,16-17,19-20,25-26,28-29,32-35,38-43,61H,4-6,9,12-15,18,21-24,27,30-31,36-37,44-60H2,1-3H3/b10-7-,11-8-,19-16-,20-17-,28-25-,29-26-,34-32-,35-33-,41-38-,42-39-,43-40-. The Hall–Kier alpha value is -4.45. The molecule has 6 nitrogen and oxygen atoms in total. The monoisotopic (exact) mass is 967 g/mol. The van der Waals surface area contributed by atoms with Gasteiger partial charge in [0.2, 0.25) is 0 Å². The van der Waals surface area contributed by atoms with Gasteiger partial charge >= 0.3 is 17.9 Å². The van der Waals surface area contributed by atoms with E-state index in [0.29, 0.717) is 19.3 Å². The average Bonchev–Trinajstić information content (AvgIpc) is 3.36. The molecule has 0 fully saturated rings. The number of unbranched alkanes of at least 4 members (excludes halogenated alkanes) is 16. The van der Waals surface area contributed by atoms with Crippen molar-refractivity contribution in [2.45, 2.75) is 239 Å². The van der Waals surface area contributed by atoms with Crippen LogP contribution in [0.15, 0.2) is 134 Å². The van der Waals surface area contributed by atoms with Crippen molar-refractivity contribution in [2.75, 3.05) is 13.2 Å². The zero-order chi connectivity index (χ0) is 50.7. The number of carbonyl (C=O) groups is 3. The Morgan fingerprint density at radius 3 is 0.886 bits per heavy atom. The Balaban J connectivity index is 4.56. The van der Waals surface area contributed by atoms with Gasteiger partial charge < -0.3 is 14.2 Å². The summed E-state index contributed by atoms with van der Waals surface area (Å²) >= 11 is 0. The van der Waals surface area contributed by atoms with E-state index in [1.165, 1.54) is 44.9 Å². The fourth-order valence-electron chi connectivity index (χ4n) is 7.19. The molecule has 0 saturated heterocycles. The van der Waals surface area contributed by atoms with Crippen LogP contribution in [0.3, 0.4) is 0 Å². The first-order valence-corrected chi connectivity index (χ1v) is 28.2. The van der Waals surface area contributed by atoms with Gasteiger partial charge in [-0.2, -0.15) is 0 Å². The lowest BCUT2D eigenvalue weighted by Gasteiger charge is -2.18. The summed E-state index contributed by atoms with van der Waals surface area (Å²) in [6.07, 6.45) is 80.1. The van der Waals surface area contributed by atoms with Crippen LogP contribution in [0, 0.1) is 0 Å². The summed E-state index contributed by atoms with van der Waals surface area (Å²) in [7, 11) is 0. The lowest BCUT2D eigenvalue weighted by molar-refractivity contribution is -0.167. The first-order chi connectivity index (χ1) is 34.5. The first kappa shape index (κ1) is 65.5. The SMILES string of the molecule is CC/C=C\C/C=C\C/C=C\C/C=C\C/C=C\CCCCCC(=O)OCC(COC(=O)CCCCC/C=C\CCCCCCCCC)OC(=O)CCCCC/C=C\C/C=C\C/C=C\C/C=C\C/C=C\CC. The minimum atomic E-state index is -0.821. The molecule has 1 unspecified atom stereocenters. The molecule has 1 atom stereocenters. The number of rotatable bonds is 49. The third kappa shape index (κ3) is 54.5. The summed E-state index contributed by atoms with van der Waals surface area (Å²) in [5.41, 5.74) is 0. The minimum absolute atomic E-state index is 0.115. The normalized spacial score (nSPS) is 13.1. The number of hydrogen-bond donors (Lipinski definition) is 0. The van der Waals surface area contributed by atoms with Crippen molar-refractivity contribution in [2.24, 2.45) is 0 Å². The van der Waals surface area contributed by atoms with Crippen molar-refractivity contribution < 1.29 is 28.6 Å². The molecule has 0 aromatic carbocycles. The highest BCUT2D eigenvalue weighted by atomic mass is 16.6. The minimum Gasteiger partial charge on any atom is -0.462 e. The predicted octanol–water partition coefficient (Wildman–Crippen LogP) is 19.0. The van der Waals surface area contributed by atoms with Gasteiger partial charge in [-0.25, -0.2) is 0 Å². The molecule has 0 amide bonds. The number of esters is 3. The van der Waals surface area contributed by atoms with E-state index in [1.807, 2.05) is 0 Å². The second-order valence-corrected chi connectivity index (χ2v) is 18.1. The van der Waals surface area contributed by atoms with Gasteiger partial charge in [-0.3, -0.25) is 14.4 Å². The number of ether oxygens (including phenoxy) is 3. The largest absolute Gasteiger partial charge is 0.462 e. The van der Waals surface area contributed by atoms with E-state index in [-0.39, 0.29) is 37.5 Å². The van der Waals surface area contributed by atoms with E-state index >= 15 is 0 Å². The predicted molar refractivity (Wildman–Crippen MR) is 302 cm³/mol. The van der Waals surface area contributed by atoms with Crippen LogP contribution in [0.2, 0.25) is 0 Å². The van der Waals surface area contributed by atoms with Crippen molar-refractivity contribution in [3.63, 3.8) is 0 Å². The quantitative estimate of drug-likeness (QED) is 0.0262. The van der Waals surface area contributed by atoms with Gasteiger partial charge in [0.25, 0.3) is 0 Å². The van der Waals surface area contributed by atoms with Crippen molar-refractivity contribution >= 4 is 17.9 Å². The summed E-state index contributed by atoms with van der Waals surface area (Å²) in [6, 6.07) is 0. The molecule has 394 valence electrons. The maximum absolute atomic E-state index is 12.8. The zero-order valence-electron chi connectivity index (χ0n) is 45.0. The number of hydrogen-bond acceptors (Lipinski definition) is 6. The molecule has 0 aromatic heterocycles. The maximum Gasteiger partial charge on any atom is 0.306 e. The Morgan fingerprint density at radius 2 is 0.557 bits per heavy atom. The first-order valence-electron chi connectivity index (χ1n) is 28.2. The van der Waals surface area contributed by atoms with Crippen LogP contribution < -0.4 is 0 Å². The molecule has 0 aliphatic rings. The molecule has 0 aliphatic carbocycles. The molecule has 0 rings (SSSR count). The molecule has 0 aliphatic heterocycles. The maximum atomic E-state index is 12.8. The van der Waals surface area contributed by atoms with Gasteiger partial charge in [0.15, 0.2) is 6.10 Å². The third-order valence-corrected chi connectivity index (χ3v) is 11.4. The van der Waals surface area contributed by atoms with Crippen LogP contribution in [0.4, 0.5) is 0 Å². The van der Waals surface area contributed by atoms with Gasteiger partial charge in [-0.1, -0.05) is 212 Å². The zero-order valence-corrected chi connectivity index (χ0v) is 45.0. The molecular weight excluding hydrogens is 865 g/mol. The van der Waals surface area contributed by atoms with E-state index in [1.54, 1.807) is 0 Å². The van der Waals surface area contributed by atoms with Gasteiger partial charge in [0.1, 0.15) is 13.2 Å².